The van der Waals surface area contributed by atoms with E-state index in [-0.39, 0.29) is 31.1 Å². The lowest BCUT2D eigenvalue weighted by molar-refractivity contribution is -0.167. The highest BCUT2D eigenvalue weighted by molar-refractivity contribution is 5.71. The monoisotopic (exact) mass is 789 g/mol. The molecule has 0 spiro atoms. The van der Waals surface area contributed by atoms with Gasteiger partial charge in [-0.3, -0.25) is 14.4 Å². The first-order chi connectivity index (χ1) is 27.5. The molecule has 6 nitrogen and oxygen atoms in total. The van der Waals surface area contributed by atoms with E-state index in [9.17, 15) is 14.4 Å². The van der Waals surface area contributed by atoms with Crippen molar-refractivity contribution in [2.45, 2.75) is 264 Å². The van der Waals surface area contributed by atoms with E-state index in [1.54, 1.807) is 0 Å². The van der Waals surface area contributed by atoms with Crippen LogP contribution < -0.4 is 0 Å². The average Bonchev–Trinajstić information content (AvgIpc) is 3.19. The second-order valence-electron chi connectivity index (χ2n) is 16.4. The SMILES string of the molecule is CCC/C=C\C/C=C\CCCCCCCC(=O)OC(COC(=O)CCCCCCCCCCC)COC(=O)CCCCCCCCCCCCCCCCCC. The molecule has 0 saturated carbocycles. The first-order valence-corrected chi connectivity index (χ1v) is 24.3. The Kier molecular flexibility index (Phi) is 43.9. The minimum absolute atomic E-state index is 0.0728. The Hall–Kier alpha value is -2.11. The Balaban J connectivity index is 4.31. The van der Waals surface area contributed by atoms with Crippen LogP contribution in [0.4, 0.5) is 0 Å². The minimum atomic E-state index is -0.770. The fourth-order valence-electron chi connectivity index (χ4n) is 7.01. The summed E-state index contributed by atoms with van der Waals surface area (Å²) >= 11 is 0. The Bertz CT molecular complexity index is 911. The van der Waals surface area contributed by atoms with Crippen molar-refractivity contribution in [2.24, 2.45) is 0 Å². The molecule has 0 aromatic heterocycles. The van der Waals surface area contributed by atoms with Gasteiger partial charge in [-0.1, -0.05) is 218 Å². The van der Waals surface area contributed by atoms with Crippen molar-refractivity contribution in [2.75, 3.05) is 13.2 Å². The topological polar surface area (TPSA) is 78.9 Å². The predicted octanol–water partition coefficient (Wildman–Crippen LogP) is 15.6. The molecule has 0 aromatic rings. The highest BCUT2D eigenvalue weighted by Gasteiger charge is 2.19. The number of unbranched alkanes of at least 4 members (excludes halogenated alkanes) is 29. The molecule has 0 aliphatic carbocycles. The lowest BCUT2D eigenvalue weighted by atomic mass is 10.0. The summed E-state index contributed by atoms with van der Waals surface area (Å²) in [6.45, 7) is 6.56. The van der Waals surface area contributed by atoms with Crippen LogP contribution in [0.2, 0.25) is 0 Å². The van der Waals surface area contributed by atoms with Crippen molar-refractivity contribution in [3.63, 3.8) is 0 Å². The van der Waals surface area contributed by atoms with Crippen LogP contribution in [0.3, 0.4) is 0 Å². The van der Waals surface area contributed by atoms with Crippen LogP contribution in [-0.4, -0.2) is 37.2 Å². The molecule has 0 aliphatic heterocycles. The molecule has 0 heterocycles. The third-order valence-corrected chi connectivity index (χ3v) is 10.7. The van der Waals surface area contributed by atoms with Crippen molar-refractivity contribution in [1.82, 2.24) is 0 Å². The summed E-state index contributed by atoms with van der Waals surface area (Å²) < 4.78 is 16.7. The van der Waals surface area contributed by atoms with Crippen LogP contribution in [0.25, 0.3) is 0 Å². The maximum Gasteiger partial charge on any atom is 0.306 e. The van der Waals surface area contributed by atoms with Gasteiger partial charge in [-0.15, -0.1) is 0 Å². The summed E-state index contributed by atoms with van der Waals surface area (Å²) in [4.78, 5) is 37.8. The molecule has 56 heavy (non-hydrogen) atoms. The molecule has 0 aromatic carbocycles. The third kappa shape index (κ3) is 43.0. The van der Waals surface area contributed by atoms with Gasteiger partial charge in [0, 0.05) is 19.3 Å². The largest absolute Gasteiger partial charge is 0.462 e. The maximum absolute atomic E-state index is 12.7. The summed E-state index contributed by atoms with van der Waals surface area (Å²) in [7, 11) is 0. The molecule has 0 aliphatic rings. The zero-order chi connectivity index (χ0) is 40.8. The molecule has 6 heteroatoms. The van der Waals surface area contributed by atoms with Gasteiger partial charge in [-0.25, -0.2) is 0 Å². The minimum Gasteiger partial charge on any atom is -0.462 e. The van der Waals surface area contributed by atoms with E-state index >= 15 is 0 Å². The number of hydrogen-bond acceptors (Lipinski definition) is 6. The molecule has 0 bridgehead atoms. The molecule has 0 amide bonds. The standard InChI is InChI=1S/C50H92O6/c1-4-7-10-13-16-19-21-23-24-25-27-28-31-34-37-40-43-49(52)55-46-47(45-54-48(51)42-39-36-33-30-18-15-12-9-6-3)56-50(53)44-41-38-35-32-29-26-22-20-17-14-11-8-5-2/h11,14,20,22,47H,4-10,12-13,15-19,21,23-46H2,1-3H3/b14-11-,22-20-. The first kappa shape index (κ1) is 53.9. The van der Waals surface area contributed by atoms with Crippen LogP contribution >= 0.6 is 0 Å². The van der Waals surface area contributed by atoms with E-state index in [4.69, 9.17) is 14.2 Å². The van der Waals surface area contributed by atoms with Crippen LogP contribution in [-0.2, 0) is 28.6 Å². The number of esters is 3. The lowest BCUT2D eigenvalue weighted by Gasteiger charge is -2.18. The third-order valence-electron chi connectivity index (χ3n) is 10.7. The number of carbonyl (C=O) groups excluding carboxylic acids is 3. The van der Waals surface area contributed by atoms with Crippen LogP contribution in [0, 0.1) is 0 Å². The fraction of sp³-hybridized carbons (Fsp3) is 0.860. The molecular weight excluding hydrogens is 697 g/mol. The quantitative estimate of drug-likeness (QED) is 0.0265. The van der Waals surface area contributed by atoms with E-state index in [2.05, 4.69) is 45.1 Å². The summed E-state index contributed by atoms with van der Waals surface area (Å²) in [6, 6.07) is 0. The molecular formula is C50H92O6. The number of allylic oxidation sites excluding steroid dienone is 4. The van der Waals surface area contributed by atoms with E-state index in [0.29, 0.717) is 19.3 Å². The number of ether oxygens (including phenoxy) is 3. The van der Waals surface area contributed by atoms with Crippen LogP contribution in [0.1, 0.15) is 258 Å². The first-order valence-electron chi connectivity index (χ1n) is 24.3. The molecule has 0 saturated heterocycles. The molecule has 0 fully saturated rings. The van der Waals surface area contributed by atoms with Crippen molar-refractivity contribution >= 4 is 17.9 Å². The summed E-state index contributed by atoms with van der Waals surface area (Å²) in [5.41, 5.74) is 0. The van der Waals surface area contributed by atoms with E-state index in [0.717, 1.165) is 89.9 Å². The number of hydrogen-bond donors (Lipinski definition) is 0. The lowest BCUT2D eigenvalue weighted by Crippen LogP contribution is -2.30. The second kappa shape index (κ2) is 45.6. The van der Waals surface area contributed by atoms with Crippen LogP contribution in [0.15, 0.2) is 24.3 Å². The van der Waals surface area contributed by atoms with Gasteiger partial charge in [0.25, 0.3) is 0 Å². The van der Waals surface area contributed by atoms with Crippen molar-refractivity contribution < 1.29 is 28.6 Å². The Morgan fingerprint density at radius 3 is 1.05 bits per heavy atom. The molecule has 1 unspecified atom stereocenters. The smallest absolute Gasteiger partial charge is 0.306 e. The maximum atomic E-state index is 12.7. The van der Waals surface area contributed by atoms with E-state index < -0.39 is 6.10 Å². The molecule has 0 rings (SSSR count). The van der Waals surface area contributed by atoms with Gasteiger partial charge < -0.3 is 14.2 Å². The molecule has 328 valence electrons. The fourth-order valence-corrected chi connectivity index (χ4v) is 7.01. The average molecular weight is 789 g/mol. The number of carbonyl (C=O) groups is 3. The highest BCUT2D eigenvalue weighted by Crippen LogP contribution is 2.16. The normalized spacial score (nSPS) is 12.1. The van der Waals surface area contributed by atoms with Gasteiger partial charge in [0.1, 0.15) is 13.2 Å². The molecule has 1 atom stereocenters. The van der Waals surface area contributed by atoms with Gasteiger partial charge in [0.05, 0.1) is 0 Å². The van der Waals surface area contributed by atoms with E-state index in [1.165, 1.54) is 128 Å². The van der Waals surface area contributed by atoms with Gasteiger partial charge in [-0.2, -0.15) is 0 Å². The van der Waals surface area contributed by atoms with Crippen LogP contribution in [0.5, 0.6) is 0 Å². The van der Waals surface area contributed by atoms with Crippen molar-refractivity contribution in [1.29, 1.82) is 0 Å². The zero-order valence-electron chi connectivity index (χ0n) is 37.4. The zero-order valence-corrected chi connectivity index (χ0v) is 37.4. The number of rotatable bonds is 44. The second-order valence-corrected chi connectivity index (χ2v) is 16.4. The van der Waals surface area contributed by atoms with Gasteiger partial charge in [-0.05, 0) is 44.9 Å². The Morgan fingerprint density at radius 1 is 0.357 bits per heavy atom. The van der Waals surface area contributed by atoms with Crippen molar-refractivity contribution in [3.05, 3.63) is 24.3 Å². The summed E-state index contributed by atoms with van der Waals surface area (Å²) in [6.07, 6.45) is 50.2. The summed E-state index contributed by atoms with van der Waals surface area (Å²) in [5.74, 6) is -0.880. The van der Waals surface area contributed by atoms with Gasteiger partial charge in [0.2, 0.25) is 0 Å². The predicted molar refractivity (Wildman–Crippen MR) is 238 cm³/mol. The van der Waals surface area contributed by atoms with Gasteiger partial charge >= 0.3 is 17.9 Å². The van der Waals surface area contributed by atoms with E-state index in [1.807, 2.05) is 0 Å². The Labute approximate surface area is 347 Å². The van der Waals surface area contributed by atoms with Gasteiger partial charge in [0.15, 0.2) is 6.10 Å². The Morgan fingerprint density at radius 2 is 0.679 bits per heavy atom. The molecule has 0 radical (unpaired) electrons. The molecule has 0 N–H and O–H groups in total. The highest BCUT2D eigenvalue weighted by atomic mass is 16.6. The summed E-state index contributed by atoms with van der Waals surface area (Å²) in [5, 5.41) is 0. The van der Waals surface area contributed by atoms with Crippen molar-refractivity contribution in [3.8, 4) is 0 Å².